The fraction of sp³-hybridized carbons (Fsp3) is 1.00. The highest BCUT2D eigenvalue weighted by molar-refractivity contribution is 7.98. The molecule has 0 aromatic rings. The van der Waals surface area contributed by atoms with Gasteiger partial charge in [0.25, 0.3) is 0 Å². The molecule has 3 heteroatoms. The van der Waals surface area contributed by atoms with E-state index in [4.69, 9.17) is 4.74 Å². The van der Waals surface area contributed by atoms with Gasteiger partial charge in [-0.1, -0.05) is 12.8 Å². The van der Waals surface area contributed by atoms with Gasteiger partial charge in [-0.15, -0.1) is 0 Å². The molecule has 2 nitrogen and oxygen atoms in total. The molecule has 0 aromatic carbocycles. The Morgan fingerprint density at radius 3 is 2.72 bits per heavy atom. The Hall–Kier alpha value is 0.270. The first kappa shape index (κ1) is 14.7. The summed E-state index contributed by atoms with van der Waals surface area (Å²) in [5.74, 6) is 1.32. The minimum absolute atomic E-state index is 0.537. The van der Waals surface area contributed by atoms with Crippen molar-refractivity contribution in [3.8, 4) is 0 Å². The van der Waals surface area contributed by atoms with Crippen LogP contribution >= 0.6 is 11.8 Å². The Balaban J connectivity index is 1.59. The lowest BCUT2D eigenvalue weighted by Crippen LogP contribution is -2.66. The van der Waals surface area contributed by atoms with Crippen LogP contribution in [0.1, 0.15) is 51.9 Å². The number of thioether (sulfide) groups is 1. The first-order valence-electron chi connectivity index (χ1n) is 7.67. The summed E-state index contributed by atoms with van der Waals surface area (Å²) in [6.07, 6.45) is 12.3. The SMILES string of the molecule is CCOC1CC(NCCCCCSC)C12CCC2. The van der Waals surface area contributed by atoms with Gasteiger partial charge in [0.2, 0.25) is 0 Å². The maximum absolute atomic E-state index is 5.88. The molecular weight excluding hydrogens is 242 g/mol. The summed E-state index contributed by atoms with van der Waals surface area (Å²) in [4.78, 5) is 0. The van der Waals surface area contributed by atoms with Crippen LogP contribution in [0.25, 0.3) is 0 Å². The topological polar surface area (TPSA) is 21.3 Å². The van der Waals surface area contributed by atoms with Gasteiger partial charge in [0.1, 0.15) is 0 Å². The molecule has 106 valence electrons. The molecule has 0 radical (unpaired) electrons. The Kier molecular flexibility index (Phi) is 5.84. The predicted octanol–water partition coefficient (Wildman–Crippen LogP) is 3.46. The molecule has 2 rings (SSSR count). The van der Waals surface area contributed by atoms with Crippen LogP contribution in [0, 0.1) is 5.41 Å². The molecule has 2 fully saturated rings. The molecule has 1 spiro atoms. The van der Waals surface area contributed by atoms with E-state index in [0.29, 0.717) is 11.5 Å². The Labute approximate surface area is 117 Å². The van der Waals surface area contributed by atoms with Gasteiger partial charge in [-0.2, -0.15) is 11.8 Å². The van der Waals surface area contributed by atoms with E-state index in [1.807, 2.05) is 11.8 Å². The predicted molar refractivity (Wildman–Crippen MR) is 80.3 cm³/mol. The number of ether oxygens (including phenoxy) is 1. The number of nitrogens with one attached hydrogen (secondary N) is 1. The normalized spacial score (nSPS) is 29.0. The van der Waals surface area contributed by atoms with Crippen LogP contribution in [-0.2, 0) is 4.74 Å². The van der Waals surface area contributed by atoms with Gasteiger partial charge in [-0.05, 0) is 57.6 Å². The summed E-state index contributed by atoms with van der Waals surface area (Å²) in [5.41, 5.74) is 0.537. The standard InChI is InChI=1S/C15H29NOS/c1-3-17-14-12-13(15(14)8-7-9-15)16-10-5-4-6-11-18-2/h13-14,16H,3-12H2,1-2H3. The Morgan fingerprint density at radius 2 is 2.11 bits per heavy atom. The zero-order chi connectivity index (χ0) is 12.8. The smallest absolute Gasteiger partial charge is 0.0661 e. The lowest BCUT2D eigenvalue weighted by atomic mass is 9.51. The highest BCUT2D eigenvalue weighted by Gasteiger charge is 2.58. The van der Waals surface area contributed by atoms with E-state index in [-0.39, 0.29) is 0 Å². The molecular formula is C15H29NOS. The highest BCUT2D eigenvalue weighted by atomic mass is 32.2. The van der Waals surface area contributed by atoms with Gasteiger partial charge >= 0.3 is 0 Å². The largest absolute Gasteiger partial charge is 0.378 e. The van der Waals surface area contributed by atoms with Gasteiger partial charge in [0, 0.05) is 18.1 Å². The minimum Gasteiger partial charge on any atom is -0.378 e. The van der Waals surface area contributed by atoms with Crippen molar-refractivity contribution in [3.63, 3.8) is 0 Å². The molecule has 2 saturated carbocycles. The van der Waals surface area contributed by atoms with Crippen molar-refractivity contribution in [1.29, 1.82) is 0 Å². The van der Waals surface area contributed by atoms with E-state index in [1.54, 1.807) is 0 Å². The maximum Gasteiger partial charge on any atom is 0.0661 e. The van der Waals surface area contributed by atoms with E-state index in [9.17, 15) is 0 Å². The van der Waals surface area contributed by atoms with Crippen molar-refractivity contribution < 1.29 is 4.74 Å². The maximum atomic E-state index is 5.88. The van der Waals surface area contributed by atoms with Crippen LogP contribution in [0.4, 0.5) is 0 Å². The Morgan fingerprint density at radius 1 is 1.28 bits per heavy atom. The average Bonchev–Trinajstić information content (AvgIpc) is 2.28. The number of hydrogen-bond acceptors (Lipinski definition) is 3. The summed E-state index contributed by atoms with van der Waals surface area (Å²) in [6.45, 7) is 4.21. The van der Waals surface area contributed by atoms with Gasteiger partial charge < -0.3 is 10.1 Å². The summed E-state index contributed by atoms with van der Waals surface area (Å²) >= 11 is 1.96. The van der Waals surface area contributed by atoms with E-state index >= 15 is 0 Å². The molecule has 0 heterocycles. The van der Waals surface area contributed by atoms with E-state index in [0.717, 1.165) is 12.6 Å². The molecule has 18 heavy (non-hydrogen) atoms. The molecule has 2 atom stereocenters. The average molecular weight is 271 g/mol. The fourth-order valence-corrected chi connectivity index (χ4v) is 4.04. The quantitative estimate of drug-likeness (QED) is 0.649. The second kappa shape index (κ2) is 7.16. The van der Waals surface area contributed by atoms with Crippen LogP contribution < -0.4 is 5.32 Å². The molecule has 0 aromatic heterocycles. The van der Waals surface area contributed by atoms with Crippen molar-refractivity contribution >= 4 is 11.8 Å². The monoisotopic (exact) mass is 271 g/mol. The lowest BCUT2D eigenvalue weighted by Gasteiger charge is -2.61. The molecule has 2 aliphatic rings. The van der Waals surface area contributed by atoms with Crippen molar-refractivity contribution in [3.05, 3.63) is 0 Å². The van der Waals surface area contributed by atoms with Gasteiger partial charge in [-0.3, -0.25) is 0 Å². The highest BCUT2D eigenvalue weighted by Crippen LogP contribution is 2.57. The van der Waals surface area contributed by atoms with Crippen LogP contribution in [0.2, 0.25) is 0 Å². The first-order chi connectivity index (χ1) is 8.83. The molecule has 0 aliphatic heterocycles. The summed E-state index contributed by atoms with van der Waals surface area (Å²) < 4.78 is 5.88. The lowest BCUT2D eigenvalue weighted by molar-refractivity contribution is -0.172. The summed E-state index contributed by atoms with van der Waals surface area (Å²) in [6, 6.07) is 0.753. The zero-order valence-electron chi connectivity index (χ0n) is 12.0. The van der Waals surface area contributed by atoms with Crippen molar-refractivity contribution in [2.24, 2.45) is 5.41 Å². The number of hydrogen-bond donors (Lipinski definition) is 1. The second-order valence-electron chi connectivity index (χ2n) is 5.83. The third kappa shape index (κ3) is 3.05. The van der Waals surface area contributed by atoms with Crippen LogP contribution in [0.3, 0.4) is 0 Å². The van der Waals surface area contributed by atoms with Crippen LogP contribution in [0.15, 0.2) is 0 Å². The van der Waals surface area contributed by atoms with Crippen molar-refractivity contribution in [2.45, 2.75) is 64.0 Å². The summed E-state index contributed by atoms with van der Waals surface area (Å²) in [5, 5.41) is 3.79. The third-order valence-corrected chi connectivity index (χ3v) is 5.55. The van der Waals surface area contributed by atoms with E-state index in [2.05, 4.69) is 18.5 Å². The van der Waals surface area contributed by atoms with Crippen LogP contribution in [0.5, 0.6) is 0 Å². The second-order valence-corrected chi connectivity index (χ2v) is 6.81. The van der Waals surface area contributed by atoms with Gasteiger partial charge in [0.15, 0.2) is 0 Å². The number of unbranched alkanes of at least 4 members (excludes halogenated alkanes) is 2. The Bertz CT molecular complexity index is 243. The summed E-state index contributed by atoms with van der Waals surface area (Å²) in [7, 11) is 0. The van der Waals surface area contributed by atoms with Gasteiger partial charge in [0.05, 0.1) is 6.10 Å². The van der Waals surface area contributed by atoms with E-state index in [1.165, 1.54) is 57.2 Å². The van der Waals surface area contributed by atoms with Crippen LogP contribution in [-0.4, -0.2) is 37.3 Å². The van der Waals surface area contributed by atoms with Crippen molar-refractivity contribution in [2.75, 3.05) is 25.2 Å². The first-order valence-corrected chi connectivity index (χ1v) is 9.07. The molecule has 1 N–H and O–H groups in total. The molecule has 2 aliphatic carbocycles. The number of rotatable bonds is 9. The van der Waals surface area contributed by atoms with Gasteiger partial charge in [-0.25, -0.2) is 0 Å². The zero-order valence-corrected chi connectivity index (χ0v) is 12.9. The molecule has 0 amide bonds. The fourth-order valence-electron chi connectivity index (χ4n) is 3.55. The van der Waals surface area contributed by atoms with E-state index < -0.39 is 0 Å². The molecule has 0 saturated heterocycles. The molecule has 2 unspecified atom stereocenters. The van der Waals surface area contributed by atoms with Crippen molar-refractivity contribution in [1.82, 2.24) is 5.32 Å². The minimum atomic E-state index is 0.537. The third-order valence-electron chi connectivity index (χ3n) is 4.85. The molecule has 0 bridgehead atoms.